The Morgan fingerprint density at radius 1 is 1.11 bits per heavy atom. The minimum Gasteiger partial charge on any atom is -0.355 e. The van der Waals surface area contributed by atoms with E-state index in [-0.39, 0.29) is 11.8 Å². The van der Waals surface area contributed by atoms with Gasteiger partial charge in [-0.1, -0.05) is 31.4 Å². The molecule has 6 nitrogen and oxygen atoms in total. The Labute approximate surface area is 167 Å². The van der Waals surface area contributed by atoms with Crippen molar-refractivity contribution in [3.8, 4) is 0 Å². The molecule has 1 aliphatic carbocycles. The van der Waals surface area contributed by atoms with Crippen LogP contribution in [0.3, 0.4) is 0 Å². The minimum atomic E-state index is 0.160. The monoisotopic (exact) mass is 381 g/mol. The van der Waals surface area contributed by atoms with Crippen LogP contribution in [0, 0.1) is 5.92 Å². The van der Waals surface area contributed by atoms with Gasteiger partial charge in [0, 0.05) is 50.7 Å². The molecule has 0 atom stereocenters. The van der Waals surface area contributed by atoms with Crippen LogP contribution in [0.15, 0.2) is 53.8 Å². The third-order valence-corrected chi connectivity index (χ3v) is 5.18. The van der Waals surface area contributed by atoms with Crippen LogP contribution in [0.2, 0.25) is 0 Å². The second-order valence-corrected chi connectivity index (χ2v) is 7.30. The van der Waals surface area contributed by atoms with Crippen LogP contribution in [-0.4, -0.2) is 30.0 Å². The van der Waals surface area contributed by atoms with Gasteiger partial charge < -0.3 is 20.5 Å². The molecule has 3 N–H and O–H groups in total. The smallest absolute Gasteiger partial charge is 0.227 e. The molecule has 3 rings (SSSR count). The van der Waals surface area contributed by atoms with Crippen LogP contribution >= 0.6 is 0 Å². The highest BCUT2D eigenvalue weighted by Crippen LogP contribution is 2.25. The van der Waals surface area contributed by atoms with Crippen LogP contribution in [0.25, 0.3) is 0 Å². The molecule has 28 heavy (non-hydrogen) atoms. The van der Waals surface area contributed by atoms with Gasteiger partial charge in [0.1, 0.15) is 0 Å². The minimum absolute atomic E-state index is 0.160. The van der Waals surface area contributed by atoms with Gasteiger partial charge in [0.15, 0.2) is 5.96 Å². The first-order chi connectivity index (χ1) is 13.7. The van der Waals surface area contributed by atoms with Crippen molar-refractivity contribution in [2.75, 3.05) is 18.9 Å². The summed E-state index contributed by atoms with van der Waals surface area (Å²) in [7, 11) is 1.77. The number of hydrogen-bond donors (Lipinski definition) is 3. The topological polar surface area (TPSA) is 70.5 Å². The lowest BCUT2D eigenvalue weighted by Gasteiger charge is -2.21. The van der Waals surface area contributed by atoms with Crippen molar-refractivity contribution in [1.29, 1.82) is 0 Å². The first-order valence-electron chi connectivity index (χ1n) is 10.2. The maximum atomic E-state index is 12.4. The number of nitrogens with zero attached hydrogens (tertiary/aromatic N) is 2. The Morgan fingerprint density at radius 3 is 2.64 bits per heavy atom. The number of amides is 1. The summed E-state index contributed by atoms with van der Waals surface area (Å²) in [6.45, 7) is 2.33. The molecule has 1 aliphatic rings. The molecule has 0 spiro atoms. The maximum absolute atomic E-state index is 12.4. The van der Waals surface area contributed by atoms with E-state index < -0.39 is 0 Å². The molecule has 1 saturated carbocycles. The molecule has 0 bridgehead atoms. The SMILES string of the molecule is CN=C(NCCn1cccc1)NCc1cccc(NC(=O)C2CCCCC2)c1. The average Bonchev–Trinajstić information content (AvgIpc) is 3.25. The van der Waals surface area contributed by atoms with Gasteiger partial charge in [0.05, 0.1) is 0 Å². The molecule has 0 saturated heterocycles. The second kappa shape index (κ2) is 10.5. The summed E-state index contributed by atoms with van der Waals surface area (Å²) in [4.78, 5) is 16.7. The number of guanidine groups is 1. The van der Waals surface area contributed by atoms with Gasteiger partial charge in [-0.15, -0.1) is 0 Å². The molecule has 6 heteroatoms. The average molecular weight is 382 g/mol. The van der Waals surface area contributed by atoms with E-state index in [4.69, 9.17) is 0 Å². The predicted molar refractivity (Wildman–Crippen MR) is 114 cm³/mol. The van der Waals surface area contributed by atoms with Gasteiger partial charge in [-0.3, -0.25) is 9.79 Å². The number of anilines is 1. The van der Waals surface area contributed by atoms with Crippen molar-refractivity contribution in [1.82, 2.24) is 15.2 Å². The third kappa shape index (κ3) is 6.15. The van der Waals surface area contributed by atoms with E-state index in [9.17, 15) is 4.79 Å². The van der Waals surface area contributed by atoms with E-state index in [1.165, 1.54) is 19.3 Å². The Balaban J connectivity index is 1.45. The number of carbonyl (C=O) groups is 1. The fraction of sp³-hybridized carbons (Fsp3) is 0.455. The van der Waals surface area contributed by atoms with E-state index in [2.05, 4.69) is 31.6 Å². The molecule has 0 aliphatic heterocycles. The van der Waals surface area contributed by atoms with E-state index >= 15 is 0 Å². The van der Waals surface area contributed by atoms with Crippen LogP contribution in [0.1, 0.15) is 37.7 Å². The molecular weight excluding hydrogens is 350 g/mol. The molecule has 2 aromatic rings. The van der Waals surface area contributed by atoms with Gasteiger partial charge >= 0.3 is 0 Å². The number of benzene rings is 1. The van der Waals surface area contributed by atoms with E-state index in [0.29, 0.717) is 6.54 Å². The van der Waals surface area contributed by atoms with Gasteiger partial charge in [0.2, 0.25) is 5.91 Å². The molecule has 150 valence electrons. The van der Waals surface area contributed by atoms with Crippen molar-refractivity contribution < 1.29 is 4.79 Å². The molecular formula is C22H31N5O. The number of hydrogen-bond acceptors (Lipinski definition) is 2. The largest absolute Gasteiger partial charge is 0.355 e. The summed E-state index contributed by atoms with van der Waals surface area (Å²) in [5.41, 5.74) is 1.97. The molecule has 1 aromatic carbocycles. The highest BCUT2D eigenvalue weighted by atomic mass is 16.1. The Hall–Kier alpha value is -2.76. The first kappa shape index (κ1) is 20.0. The zero-order valence-corrected chi connectivity index (χ0v) is 16.7. The lowest BCUT2D eigenvalue weighted by Crippen LogP contribution is -2.38. The van der Waals surface area contributed by atoms with Crippen molar-refractivity contribution in [3.63, 3.8) is 0 Å². The number of aliphatic imine (C=N–C) groups is 1. The summed E-state index contributed by atoms with van der Waals surface area (Å²) in [5, 5.41) is 9.73. The molecule has 1 amide bonds. The number of nitrogens with one attached hydrogen (secondary N) is 3. The van der Waals surface area contributed by atoms with Gasteiger partial charge in [-0.25, -0.2) is 0 Å². The van der Waals surface area contributed by atoms with E-state index in [0.717, 1.165) is 43.1 Å². The highest BCUT2D eigenvalue weighted by Gasteiger charge is 2.20. The van der Waals surface area contributed by atoms with Crippen LogP contribution in [-0.2, 0) is 17.9 Å². The quantitative estimate of drug-likeness (QED) is 0.509. The molecule has 0 radical (unpaired) electrons. The summed E-state index contributed by atoms with van der Waals surface area (Å²) in [5.74, 6) is 1.09. The van der Waals surface area contributed by atoms with E-state index in [1.54, 1.807) is 7.05 Å². The normalized spacial score (nSPS) is 15.2. The lowest BCUT2D eigenvalue weighted by atomic mass is 9.88. The predicted octanol–water partition coefficient (Wildman–Crippen LogP) is 3.37. The van der Waals surface area contributed by atoms with Gasteiger partial charge in [-0.05, 0) is 42.7 Å². The summed E-state index contributed by atoms with van der Waals surface area (Å²) >= 11 is 0. The molecule has 1 aromatic heterocycles. The molecule has 1 fully saturated rings. The third-order valence-electron chi connectivity index (χ3n) is 5.18. The number of aromatic nitrogens is 1. The van der Waals surface area contributed by atoms with Gasteiger partial charge in [0.25, 0.3) is 0 Å². The summed E-state index contributed by atoms with van der Waals surface area (Å²) in [6, 6.07) is 12.1. The Kier molecular flexibility index (Phi) is 7.53. The Morgan fingerprint density at radius 2 is 1.89 bits per heavy atom. The maximum Gasteiger partial charge on any atom is 0.227 e. The highest BCUT2D eigenvalue weighted by molar-refractivity contribution is 5.92. The summed E-state index contributed by atoms with van der Waals surface area (Å²) < 4.78 is 2.12. The fourth-order valence-corrected chi connectivity index (χ4v) is 3.60. The fourth-order valence-electron chi connectivity index (χ4n) is 3.60. The van der Waals surface area contributed by atoms with Crippen LogP contribution < -0.4 is 16.0 Å². The first-order valence-corrected chi connectivity index (χ1v) is 10.2. The molecule has 1 heterocycles. The zero-order chi connectivity index (χ0) is 19.6. The zero-order valence-electron chi connectivity index (χ0n) is 16.7. The second-order valence-electron chi connectivity index (χ2n) is 7.30. The number of rotatable bonds is 7. The van der Waals surface area contributed by atoms with Crippen molar-refractivity contribution in [2.24, 2.45) is 10.9 Å². The van der Waals surface area contributed by atoms with E-state index in [1.807, 2.05) is 42.7 Å². The van der Waals surface area contributed by atoms with Crippen LogP contribution in [0.4, 0.5) is 5.69 Å². The van der Waals surface area contributed by atoms with Gasteiger partial charge in [-0.2, -0.15) is 0 Å². The Bertz CT molecular complexity index is 763. The van der Waals surface area contributed by atoms with Crippen molar-refractivity contribution >= 4 is 17.6 Å². The summed E-state index contributed by atoms with van der Waals surface area (Å²) in [6.07, 6.45) is 9.70. The number of carbonyl (C=O) groups excluding carboxylic acids is 1. The standard InChI is InChI=1S/C22H31N5O/c1-23-22(24-12-15-27-13-5-6-14-27)25-17-18-8-7-11-20(16-18)26-21(28)19-9-3-2-4-10-19/h5-8,11,13-14,16,19H,2-4,9-10,12,15,17H2,1H3,(H,26,28)(H2,23,24,25). The van der Waals surface area contributed by atoms with Crippen molar-refractivity contribution in [2.45, 2.75) is 45.2 Å². The lowest BCUT2D eigenvalue weighted by molar-refractivity contribution is -0.120. The van der Waals surface area contributed by atoms with Crippen LogP contribution in [0.5, 0.6) is 0 Å². The van der Waals surface area contributed by atoms with Crippen molar-refractivity contribution in [3.05, 3.63) is 54.4 Å². The molecule has 0 unspecified atom stereocenters.